The summed E-state index contributed by atoms with van der Waals surface area (Å²) in [4.78, 5) is 22.4. The smallest absolute Gasteiger partial charge is 0.282 e. The first kappa shape index (κ1) is 18.8. The fourth-order valence-corrected chi connectivity index (χ4v) is 2.15. The Balaban J connectivity index is 2.12. The Hall–Kier alpha value is -3.49. The van der Waals surface area contributed by atoms with E-state index < -0.39 is 16.6 Å². The highest BCUT2D eigenvalue weighted by molar-refractivity contribution is 5.88. The molecule has 0 saturated carbocycles. The number of nitro groups is 1. The zero-order chi connectivity index (χ0) is 19.1. The lowest BCUT2D eigenvalue weighted by molar-refractivity contribution is -0.385. The molecule has 0 aliphatic carbocycles. The molecule has 8 nitrogen and oxygen atoms in total. The van der Waals surface area contributed by atoms with Crippen LogP contribution in [0, 0.1) is 15.9 Å². The van der Waals surface area contributed by atoms with Gasteiger partial charge in [-0.1, -0.05) is 12.1 Å². The molecule has 0 fully saturated rings. The zero-order valence-electron chi connectivity index (χ0n) is 14.1. The van der Waals surface area contributed by atoms with Crippen LogP contribution in [-0.4, -0.2) is 31.3 Å². The van der Waals surface area contributed by atoms with Gasteiger partial charge in [0.15, 0.2) is 11.5 Å². The summed E-state index contributed by atoms with van der Waals surface area (Å²) in [6.45, 7) is 0. The Bertz CT molecular complexity index is 837. The van der Waals surface area contributed by atoms with E-state index in [4.69, 9.17) is 9.47 Å². The summed E-state index contributed by atoms with van der Waals surface area (Å²) in [5.41, 5.74) is 2.76. The topological polar surface area (TPSA) is 103 Å². The minimum Gasteiger partial charge on any atom is -0.493 e. The number of hydrogen-bond acceptors (Lipinski definition) is 6. The SMILES string of the molecule is COc1cc(/C=N/NC(=O)Cc2ccc(F)cc2)c([N+](=O)[O-])cc1OC. The van der Waals surface area contributed by atoms with Gasteiger partial charge in [-0.2, -0.15) is 5.10 Å². The molecule has 26 heavy (non-hydrogen) atoms. The van der Waals surface area contributed by atoms with Gasteiger partial charge in [-0.05, 0) is 23.8 Å². The molecule has 2 rings (SSSR count). The number of nitro benzene ring substituents is 1. The lowest BCUT2D eigenvalue weighted by atomic mass is 10.1. The first-order valence-corrected chi connectivity index (χ1v) is 7.41. The van der Waals surface area contributed by atoms with Gasteiger partial charge in [0, 0.05) is 0 Å². The normalized spacial score (nSPS) is 10.6. The summed E-state index contributed by atoms with van der Waals surface area (Å²) in [6.07, 6.45) is 1.13. The molecule has 0 heterocycles. The molecule has 0 bridgehead atoms. The third-order valence-electron chi connectivity index (χ3n) is 3.40. The van der Waals surface area contributed by atoms with Crippen molar-refractivity contribution in [1.82, 2.24) is 5.43 Å². The fourth-order valence-electron chi connectivity index (χ4n) is 2.15. The second-order valence-electron chi connectivity index (χ2n) is 5.12. The molecule has 0 aliphatic heterocycles. The number of amides is 1. The number of nitrogens with one attached hydrogen (secondary N) is 1. The highest BCUT2D eigenvalue weighted by Gasteiger charge is 2.18. The van der Waals surface area contributed by atoms with E-state index in [1.807, 2.05) is 0 Å². The first-order valence-electron chi connectivity index (χ1n) is 7.41. The van der Waals surface area contributed by atoms with Gasteiger partial charge < -0.3 is 9.47 Å². The average Bonchev–Trinajstić information content (AvgIpc) is 2.62. The summed E-state index contributed by atoms with van der Waals surface area (Å²) in [5, 5.41) is 14.9. The number of nitrogens with zero attached hydrogens (tertiary/aromatic N) is 2. The molecule has 2 aromatic carbocycles. The van der Waals surface area contributed by atoms with Crippen LogP contribution in [0.1, 0.15) is 11.1 Å². The molecule has 0 saturated heterocycles. The van der Waals surface area contributed by atoms with Crippen LogP contribution >= 0.6 is 0 Å². The highest BCUT2D eigenvalue weighted by atomic mass is 19.1. The Morgan fingerprint density at radius 3 is 2.42 bits per heavy atom. The predicted octanol–water partition coefficient (Wildman–Crippen LogP) is 2.44. The summed E-state index contributed by atoms with van der Waals surface area (Å²) < 4.78 is 23.0. The Morgan fingerprint density at radius 1 is 1.23 bits per heavy atom. The molecule has 2 aromatic rings. The largest absolute Gasteiger partial charge is 0.493 e. The van der Waals surface area contributed by atoms with Crippen molar-refractivity contribution >= 4 is 17.8 Å². The van der Waals surface area contributed by atoms with Gasteiger partial charge in [0.05, 0.1) is 43.4 Å². The van der Waals surface area contributed by atoms with Gasteiger partial charge in [-0.25, -0.2) is 9.82 Å². The molecule has 9 heteroatoms. The minimum absolute atomic E-state index is 0.00829. The number of benzene rings is 2. The third kappa shape index (κ3) is 4.76. The molecular formula is C17H16FN3O5. The fraction of sp³-hybridized carbons (Fsp3) is 0.176. The molecule has 0 aliphatic rings. The van der Waals surface area contributed by atoms with Crippen LogP contribution in [0.2, 0.25) is 0 Å². The lowest BCUT2D eigenvalue weighted by Gasteiger charge is -2.08. The molecule has 0 atom stereocenters. The summed E-state index contributed by atoms with van der Waals surface area (Å²) in [6, 6.07) is 8.06. The van der Waals surface area contributed by atoms with Gasteiger partial charge in [-0.15, -0.1) is 0 Å². The second kappa shape index (κ2) is 8.56. The van der Waals surface area contributed by atoms with Gasteiger partial charge >= 0.3 is 0 Å². The number of hydrogen-bond donors (Lipinski definition) is 1. The van der Waals surface area contributed by atoms with Crippen molar-refractivity contribution in [2.75, 3.05) is 14.2 Å². The third-order valence-corrected chi connectivity index (χ3v) is 3.40. The quantitative estimate of drug-likeness (QED) is 0.463. The number of carbonyl (C=O) groups excluding carboxylic acids is 1. The number of hydrazone groups is 1. The maximum absolute atomic E-state index is 12.8. The second-order valence-corrected chi connectivity index (χ2v) is 5.12. The van der Waals surface area contributed by atoms with Gasteiger partial charge in [0.2, 0.25) is 5.91 Å². The van der Waals surface area contributed by atoms with Crippen LogP contribution < -0.4 is 14.9 Å². The van der Waals surface area contributed by atoms with E-state index in [9.17, 15) is 19.3 Å². The minimum atomic E-state index is -0.594. The number of halogens is 1. The van der Waals surface area contributed by atoms with Crippen LogP contribution in [-0.2, 0) is 11.2 Å². The van der Waals surface area contributed by atoms with Gasteiger partial charge in [0.1, 0.15) is 5.82 Å². The molecule has 0 spiro atoms. The van der Waals surface area contributed by atoms with Crippen molar-refractivity contribution < 1.29 is 23.6 Å². The maximum Gasteiger partial charge on any atom is 0.282 e. The molecule has 136 valence electrons. The van der Waals surface area contributed by atoms with Crippen LogP contribution in [0.25, 0.3) is 0 Å². The Morgan fingerprint density at radius 2 is 1.85 bits per heavy atom. The van der Waals surface area contributed by atoms with Crippen molar-refractivity contribution in [3.05, 3.63) is 63.5 Å². The average molecular weight is 361 g/mol. The van der Waals surface area contributed by atoms with E-state index in [1.54, 1.807) is 0 Å². The molecule has 1 N–H and O–H groups in total. The van der Waals surface area contributed by atoms with Crippen molar-refractivity contribution in [3.8, 4) is 11.5 Å². The summed E-state index contributed by atoms with van der Waals surface area (Å²) in [7, 11) is 2.76. The maximum atomic E-state index is 12.8. The number of rotatable bonds is 7. The first-order chi connectivity index (χ1) is 12.4. The van der Waals surface area contributed by atoms with Gasteiger partial charge in [-0.3, -0.25) is 14.9 Å². The van der Waals surface area contributed by atoms with Crippen LogP contribution in [0.5, 0.6) is 11.5 Å². The lowest BCUT2D eigenvalue weighted by Crippen LogP contribution is -2.19. The number of carbonyl (C=O) groups is 1. The number of methoxy groups -OCH3 is 2. The van der Waals surface area contributed by atoms with Crippen molar-refractivity contribution in [3.63, 3.8) is 0 Å². The highest BCUT2D eigenvalue weighted by Crippen LogP contribution is 2.33. The summed E-state index contributed by atoms with van der Waals surface area (Å²) in [5.74, 6) is -0.349. The van der Waals surface area contributed by atoms with Crippen LogP contribution in [0.3, 0.4) is 0 Å². The van der Waals surface area contributed by atoms with E-state index in [2.05, 4.69) is 10.5 Å². The molecule has 0 unspecified atom stereocenters. The van der Waals surface area contributed by atoms with Crippen LogP contribution in [0.15, 0.2) is 41.5 Å². The van der Waals surface area contributed by atoms with Crippen molar-refractivity contribution in [1.29, 1.82) is 0 Å². The van der Waals surface area contributed by atoms with E-state index in [-0.39, 0.29) is 29.2 Å². The van der Waals surface area contributed by atoms with Crippen molar-refractivity contribution in [2.24, 2.45) is 5.10 Å². The van der Waals surface area contributed by atoms with E-state index >= 15 is 0 Å². The van der Waals surface area contributed by atoms with E-state index in [1.165, 1.54) is 50.6 Å². The molecular weight excluding hydrogens is 345 g/mol. The van der Waals surface area contributed by atoms with Crippen molar-refractivity contribution in [2.45, 2.75) is 6.42 Å². The van der Waals surface area contributed by atoms with E-state index in [0.717, 1.165) is 6.21 Å². The zero-order valence-corrected chi connectivity index (χ0v) is 14.1. The molecule has 0 radical (unpaired) electrons. The monoisotopic (exact) mass is 361 g/mol. The Kier molecular flexibility index (Phi) is 6.20. The van der Waals surface area contributed by atoms with E-state index in [0.29, 0.717) is 5.56 Å². The standard InChI is InChI=1S/C17H16FN3O5/c1-25-15-8-12(14(21(23)24)9-16(15)26-2)10-19-20-17(22)7-11-3-5-13(18)6-4-11/h3-6,8-10H,7H2,1-2H3,(H,20,22)/b19-10+. The Labute approximate surface area is 148 Å². The molecule has 0 aromatic heterocycles. The number of ether oxygens (including phenoxy) is 2. The van der Waals surface area contributed by atoms with Crippen LogP contribution in [0.4, 0.5) is 10.1 Å². The summed E-state index contributed by atoms with van der Waals surface area (Å²) >= 11 is 0. The predicted molar refractivity (Wildman–Crippen MR) is 92.0 cm³/mol. The molecule has 1 amide bonds. The van der Waals surface area contributed by atoms with Gasteiger partial charge in [0.25, 0.3) is 5.69 Å².